The van der Waals surface area contributed by atoms with E-state index in [1.807, 2.05) is 18.2 Å². The van der Waals surface area contributed by atoms with Crippen LogP contribution in [-0.2, 0) is 15.6 Å². The van der Waals surface area contributed by atoms with Crippen LogP contribution in [0.2, 0.25) is 0 Å². The Balaban J connectivity index is 1.93. The first-order chi connectivity index (χ1) is 8.89. The Morgan fingerprint density at radius 1 is 1.32 bits per heavy atom. The van der Waals surface area contributed by atoms with E-state index in [4.69, 9.17) is 0 Å². The fourth-order valence-corrected chi connectivity index (χ4v) is 3.75. The van der Waals surface area contributed by atoms with Crippen LogP contribution in [0.25, 0.3) is 0 Å². The smallest absolute Gasteiger partial charge is 0.211 e. The molecule has 1 fully saturated rings. The highest BCUT2D eigenvalue weighted by Gasteiger charge is 2.28. The number of aliphatic hydroxyl groups is 1. The van der Waals surface area contributed by atoms with Crippen LogP contribution in [0.15, 0.2) is 30.3 Å². The SMILES string of the molecule is CC(O)(CNS(=O)(=O)CC1CCC1)c1ccccc1. The summed E-state index contributed by atoms with van der Waals surface area (Å²) in [7, 11) is -3.29. The van der Waals surface area contributed by atoms with Crippen LogP contribution in [0.4, 0.5) is 0 Å². The zero-order chi connectivity index (χ0) is 13.9. The van der Waals surface area contributed by atoms with Crippen molar-refractivity contribution in [3.05, 3.63) is 35.9 Å². The van der Waals surface area contributed by atoms with Crippen molar-refractivity contribution in [1.29, 1.82) is 0 Å². The molecule has 1 aromatic rings. The van der Waals surface area contributed by atoms with Gasteiger partial charge in [0.15, 0.2) is 0 Å². The number of rotatable bonds is 6. The lowest BCUT2D eigenvalue weighted by atomic mass is 9.87. The van der Waals surface area contributed by atoms with Crippen molar-refractivity contribution in [3.63, 3.8) is 0 Å². The molecule has 0 radical (unpaired) electrons. The third-order valence-corrected chi connectivity index (χ3v) is 5.21. The van der Waals surface area contributed by atoms with Gasteiger partial charge in [0.05, 0.1) is 5.75 Å². The van der Waals surface area contributed by atoms with E-state index in [9.17, 15) is 13.5 Å². The van der Waals surface area contributed by atoms with E-state index in [-0.39, 0.29) is 12.3 Å². The zero-order valence-corrected chi connectivity index (χ0v) is 12.0. The van der Waals surface area contributed by atoms with Gasteiger partial charge >= 0.3 is 0 Å². The second-order valence-corrected chi connectivity index (χ2v) is 7.39. The second kappa shape index (κ2) is 5.61. The molecule has 0 amide bonds. The summed E-state index contributed by atoms with van der Waals surface area (Å²) in [5.74, 6) is 0.469. The van der Waals surface area contributed by atoms with E-state index in [0.29, 0.717) is 11.5 Å². The summed E-state index contributed by atoms with van der Waals surface area (Å²) in [5.41, 5.74) is -0.477. The zero-order valence-electron chi connectivity index (χ0n) is 11.2. The van der Waals surface area contributed by atoms with E-state index >= 15 is 0 Å². The molecule has 0 aliphatic heterocycles. The highest BCUT2D eigenvalue weighted by Crippen LogP contribution is 2.27. The molecule has 1 aliphatic rings. The molecule has 2 rings (SSSR count). The van der Waals surface area contributed by atoms with Crippen molar-refractivity contribution in [2.45, 2.75) is 31.8 Å². The monoisotopic (exact) mass is 283 g/mol. The standard InChI is InChI=1S/C14H21NO3S/c1-14(16,13-8-3-2-4-9-13)11-15-19(17,18)10-12-6-5-7-12/h2-4,8-9,12,15-16H,5-7,10-11H2,1H3. The van der Waals surface area contributed by atoms with Crippen molar-refractivity contribution < 1.29 is 13.5 Å². The van der Waals surface area contributed by atoms with E-state index in [1.54, 1.807) is 19.1 Å². The molecule has 1 aliphatic carbocycles. The molecule has 4 nitrogen and oxygen atoms in total. The molecule has 1 atom stereocenters. The van der Waals surface area contributed by atoms with Gasteiger partial charge in [-0.25, -0.2) is 13.1 Å². The number of hydrogen-bond donors (Lipinski definition) is 2. The molecule has 2 N–H and O–H groups in total. The minimum atomic E-state index is -3.29. The number of benzene rings is 1. The first-order valence-corrected chi connectivity index (χ1v) is 8.29. The molecule has 0 bridgehead atoms. The van der Waals surface area contributed by atoms with Gasteiger partial charge in [-0.05, 0) is 31.2 Å². The van der Waals surface area contributed by atoms with Gasteiger partial charge in [0.2, 0.25) is 10.0 Å². The van der Waals surface area contributed by atoms with Crippen molar-refractivity contribution in [1.82, 2.24) is 4.72 Å². The van der Waals surface area contributed by atoms with E-state index < -0.39 is 15.6 Å². The Labute approximate surface area is 114 Å². The predicted molar refractivity (Wildman–Crippen MR) is 75.1 cm³/mol. The average Bonchev–Trinajstić information content (AvgIpc) is 2.33. The largest absolute Gasteiger partial charge is 0.384 e. The lowest BCUT2D eigenvalue weighted by Crippen LogP contribution is -2.41. The molecule has 0 spiro atoms. The van der Waals surface area contributed by atoms with Crippen molar-refractivity contribution in [3.8, 4) is 0 Å². The number of hydrogen-bond acceptors (Lipinski definition) is 3. The highest BCUT2D eigenvalue weighted by molar-refractivity contribution is 7.89. The van der Waals surface area contributed by atoms with Crippen LogP contribution in [0.5, 0.6) is 0 Å². The fraction of sp³-hybridized carbons (Fsp3) is 0.571. The molecular formula is C14H21NO3S. The van der Waals surface area contributed by atoms with Crippen LogP contribution in [0.1, 0.15) is 31.7 Å². The van der Waals surface area contributed by atoms with Gasteiger partial charge in [0.1, 0.15) is 5.60 Å². The predicted octanol–water partition coefficient (Wildman–Crippen LogP) is 1.61. The summed E-state index contributed by atoms with van der Waals surface area (Å²) < 4.78 is 26.3. The topological polar surface area (TPSA) is 66.4 Å². The first kappa shape index (κ1) is 14.5. The third kappa shape index (κ3) is 4.03. The van der Waals surface area contributed by atoms with Crippen molar-refractivity contribution in [2.75, 3.05) is 12.3 Å². The summed E-state index contributed by atoms with van der Waals surface area (Å²) >= 11 is 0. The Morgan fingerprint density at radius 3 is 2.47 bits per heavy atom. The highest BCUT2D eigenvalue weighted by atomic mass is 32.2. The second-order valence-electron chi connectivity index (χ2n) is 5.54. The Hall–Kier alpha value is -0.910. The molecule has 5 heteroatoms. The van der Waals surface area contributed by atoms with Crippen LogP contribution >= 0.6 is 0 Å². The van der Waals surface area contributed by atoms with E-state index in [0.717, 1.165) is 19.3 Å². The molecular weight excluding hydrogens is 262 g/mol. The minimum Gasteiger partial charge on any atom is -0.384 e. The lowest BCUT2D eigenvalue weighted by Gasteiger charge is -2.27. The summed E-state index contributed by atoms with van der Waals surface area (Å²) in [6.07, 6.45) is 3.12. The maximum Gasteiger partial charge on any atom is 0.211 e. The van der Waals surface area contributed by atoms with Crippen LogP contribution in [-0.4, -0.2) is 25.8 Å². The van der Waals surface area contributed by atoms with Crippen molar-refractivity contribution in [2.24, 2.45) is 5.92 Å². The molecule has 0 heterocycles. The van der Waals surface area contributed by atoms with Crippen molar-refractivity contribution >= 4 is 10.0 Å². The Bertz CT molecular complexity index is 507. The molecule has 1 saturated carbocycles. The summed E-state index contributed by atoms with van der Waals surface area (Å²) in [5, 5.41) is 10.3. The summed E-state index contributed by atoms with van der Waals surface area (Å²) in [6.45, 7) is 1.63. The van der Waals surface area contributed by atoms with Gasteiger partial charge in [-0.3, -0.25) is 0 Å². The van der Waals surface area contributed by atoms with Gasteiger partial charge in [-0.2, -0.15) is 0 Å². The van der Waals surface area contributed by atoms with Gasteiger partial charge in [0, 0.05) is 6.54 Å². The van der Waals surface area contributed by atoms with Gasteiger partial charge in [-0.1, -0.05) is 36.8 Å². The molecule has 19 heavy (non-hydrogen) atoms. The fourth-order valence-electron chi connectivity index (χ4n) is 2.18. The maximum absolute atomic E-state index is 11.9. The van der Waals surface area contributed by atoms with E-state index in [2.05, 4.69) is 4.72 Å². The van der Waals surface area contributed by atoms with Crippen LogP contribution in [0, 0.1) is 5.92 Å². The first-order valence-electron chi connectivity index (χ1n) is 6.64. The molecule has 1 aromatic carbocycles. The average molecular weight is 283 g/mol. The van der Waals surface area contributed by atoms with Gasteiger partial charge < -0.3 is 5.11 Å². The molecule has 0 aromatic heterocycles. The quantitative estimate of drug-likeness (QED) is 0.833. The molecule has 106 valence electrons. The van der Waals surface area contributed by atoms with Crippen LogP contribution < -0.4 is 4.72 Å². The number of nitrogens with one attached hydrogen (secondary N) is 1. The normalized spacial score (nSPS) is 19.7. The third-order valence-electron chi connectivity index (χ3n) is 3.71. The van der Waals surface area contributed by atoms with E-state index in [1.165, 1.54) is 0 Å². The maximum atomic E-state index is 11.9. The minimum absolute atomic E-state index is 0.00602. The molecule has 0 saturated heterocycles. The number of sulfonamides is 1. The Morgan fingerprint density at radius 2 is 1.95 bits per heavy atom. The summed E-state index contributed by atoms with van der Waals surface area (Å²) in [4.78, 5) is 0. The molecule has 1 unspecified atom stereocenters. The summed E-state index contributed by atoms with van der Waals surface area (Å²) in [6, 6.07) is 9.10. The van der Waals surface area contributed by atoms with Crippen LogP contribution in [0.3, 0.4) is 0 Å². The van der Waals surface area contributed by atoms with Gasteiger partial charge in [0.25, 0.3) is 0 Å². The lowest BCUT2D eigenvalue weighted by molar-refractivity contribution is 0.0627. The van der Waals surface area contributed by atoms with Gasteiger partial charge in [-0.15, -0.1) is 0 Å². The Kier molecular flexibility index (Phi) is 4.28.